The third-order valence-electron chi connectivity index (χ3n) is 3.71. The molecule has 0 atom stereocenters. The number of nitrogens with zero attached hydrogens (tertiary/aromatic N) is 2. The monoisotopic (exact) mass is 351 g/mol. The van der Waals surface area contributed by atoms with Crippen LogP contribution in [0.1, 0.15) is 16.2 Å². The fourth-order valence-corrected chi connectivity index (χ4v) is 3.40. The highest BCUT2D eigenvalue weighted by Gasteiger charge is 2.12. The van der Waals surface area contributed by atoms with E-state index >= 15 is 0 Å². The third kappa shape index (κ3) is 3.16. The van der Waals surface area contributed by atoms with Crippen LogP contribution in [0.2, 0.25) is 0 Å². The molecule has 0 saturated heterocycles. The molecule has 4 rings (SSSR count). The van der Waals surface area contributed by atoms with E-state index in [0.717, 1.165) is 26.4 Å². The van der Waals surface area contributed by atoms with E-state index in [1.165, 1.54) is 23.5 Å². The fourth-order valence-electron chi connectivity index (χ4n) is 2.46. The summed E-state index contributed by atoms with van der Waals surface area (Å²) in [6.45, 7) is 1.87. The summed E-state index contributed by atoms with van der Waals surface area (Å²) < 4.78 is 18.5. The molecule has 3 aromatic heterocycles. The molecule has 0 aliphatic carbocycles. The van der Waals surface area contributed by atoms with E-state index in [1.54, 1.807) is 12.1 Å². The lowest BCUT2D eigenvalue weighted by Crippen LogP contribution is -1.95. The standard InChI is InChI=1S/C19H14FN3OS/c1-11-2-9-16(24-11)18-22-17(21)15-10-14(25-19(15)23-18)8-5-12-3-6-13(20)7-4-12/h2-10H,1H3,(H2,21,22,23)/b8-5+. The predicted molar refractivity (Wildman–Crippen MR) is 99.6 cm³/mol. The minimum Gasteiger partial charge on any atom is -0.458 e. The van der Waals surface area contributed by atoms with Crippen molar-refractivity contribution in [2.45, 2.75) is 6.92 Å². The van der Waals surface area contributed by atoms with Gasteiger partial charge in [-0.25, -0.2) is 14.4 Å². The summed E-state index contributed by atoms with van der Waals surface area (Å²) in [6.07, 6.45) is 3.88. The zero-order valence-electron chi connectivity index (χ0n) is 13.4. The van der Waals surface area contributed by atoms with Gasteiger partial charge in [-0.2, -0.15) is 0 Å². The van der Waals surface area contributed by atoms with Crippen molar-refractivity contribution in [3.05, 3.63) is 64.5 Å². The van der Waals surface area contributed by atoms with E-state index in [0.29, 0.717) is 17.4 Å². The fraction of sp³-hybridized carbons (Fsp3) is 0.0526. The van der Waals surface area contributed by atoms with Crippen molar-refractivity contribution in [2.75, 3.05) is 5.73 Å². The SMILES string of the molecule is Cc1ccc(-c2nc(N)c3cc(/C=C/c4ccc(F)cc4)sc3n2)o1. The zero-order valence-corrected chi connectivity index (χ0v) is 14.2. The Morgan fingerprint density at radius 2 is 1.88 bits per heavy atom. The van der Waals surface area contributed by atoms with Crippen molar-refractivity contribution in [1.82, 2.24) is 9.97 Å². The lowest BCUT2D eigenvalue weighted by Gasteiger charge is -1.99. The number of thiophene rings is 1. The van der Waals surface area contributed by atoms with E-state index in [2.05, 4.69) is 9.97 Å². The molecule has 2 N–H and O–H groups in total. The van der Waals surface area contributed by atoms with Gasteiger partial charge in [-0.05, 0) is 48.9 Å². The topological polar surface area (TPSA) is 64.9 Å². The minimum absolute atomic E-state index is 0.247. The van der Waals surface area contributed by atoms with Crippen molar-refractivity contribution < 1.29 is 8.81 Å². The van der Waals surface area contributed by atoms with Crippen LogP contribution in [0.5, 0.6) is 0 Å². The molecule has 0 aliphatic rings. The molecular formula is C19H14FN3OS. The molecule has 0 bridgehead atoms. The summed E-state index contributed by atoms with van der Waals surface area (Å²) in [5.74, 6) is 2.05. The number of halogens is 1. The van der Waals surface area contributed by atoms with Crippen LogP contribution < -0.4 is 5.73 Å². The Bertz CT molecular complexity index is 1080. The van der Waals surface area contributed by atoms with Crippen molar-refractivity contribution in [3.8, 4) is 11.6 Å². The Labute approximate surface area is 147 Å². The molecule has 1 aromatic carbocycles. The summed E-state index contributed by atoms with van der Waals surface area (Å²) in [4.78, 5) is 10.7. The van der Waals surface area contributed by atoms with Gasteiger partial charge in [0.25, 0.3) is 0 Å². The summed E-state index contributed by atoms with van der Waals surface area (Å²) in [5.41, 5.74) is 7.01. The van der Waals surface area contributed by atoms with Gasteiger partial charge in [0.1, 0.15) is 22.2 Å². The van der Waals surface area contributed by atoms with E-state index in [9.17, 15) is 4.39 Å². The normalized spacial score (nSPS) is 11.6. The number of rotatable bonds is 3. The minimum atomic E-state index is -0.247. The number of benzene rings is 1. The summed E-state index contributed by atoms with van der Waals surface area (Å²) in [7, 11) is 0. The first-order chi connectivity index (χ1) is 12.1. The van der Waals surface area contributed by atoms with Crippen LogP contribution in [-0.4, -0.2) is 9.97 Å². The quantitative estimate of drug-likeness (QED) is 0.554. The van der Waals surface area contributed by atoms with Gasteiger partial charge >= 0.3 is 0 Å². The lowest BCUT2D eigenvalue weighted by molar-refractivity contribution is 0.544. The van der Waals surface area contributed by atoms with Crippen LogP contribution in [0.3, 0.4) is 0 Å². The molecule has 0 spiro atoms. The average Bonchev–Trinajstić information content (AvgIpc) is 3.20. The van der Waals surface area contributed by atoms with Crippen molar-refractivity contribution in [2.24, 2.45) is 0 Å². The molecule has 0 amide bonds. The Morgan fingerprint density at radius 1 is 1.08 bits per heavy atom. The second-order valence-corrected chi connectivity index (χ2v) is 6.66. The maximum atomic E-state index is 13.0. The van der Waals surface area contributed by atoms with E-state index < -0.39 is 0 Å². The van der Waals surface area contributed by atoms with E-state index in [4.69, 9.17) is 10.2 Å². The van der Waals surface area contributed by atoms with Gasteiger partial charge in [0.15, 0.2) is 11.6 Å². The van der Waals surface area contributed by atoms with Gasteiger partial charge in [0, 0.05) is 4.88 Å². The number of aryl methyl sites for hydroxylation is 1. The van der Waals surface area contributed by atoms with Crippen LogP contribution in [0, 0.1) is 12.7 Å². The summed E-state index contributed by atoms with van der Waals surface area (Å²) >= 11 is 1.52. The van der Waals surface area contributed by atoms with Crippen LogP contribution in [0.15, 0.2) is 46.9 Å². The van der Waals surface area contributed by atoms with Crippen LogP contribution in [0.25, 0.3) is 34.0 Å². The smallest absolute Gasteiger partial charge is 0.199 e. The molecule has 4 aromatic rings. The molecule has 6 heteroatoms. The summed E-state index contributed by atoms with van der Waals surface area (Å²) in [5, 5.41) is 0.816. The molecule has 0 radical (unpaired) electrons. The van der Waals surface area contributed by atoms with Gasteiger partial charge in [0.05, 0.1) is 5.39 Å². The Kier molecular flexibility index (Phi) is 3.82. The molecule has 0 aliphatic heterocycles. The summed E-state index contributed by atoms with van der Waals surface area (Å²) in [6, 6.07) is 12.0. The van der Waals surface area contributed by atoms with Gasteiger partial charge in [0.2, 0.25) is 0 Å². The number of furan rings is 1. The van der Waals surface area contributed by atoms with Crippen molar-refractivity contribution >= 4 is 39.5 Å². The van der Waals surface area contributed by atoms with Crippen molar-refractivity contribution in [3.63, 3.8) is 0 Å². The van der Waals surface area contributed by atoms with Gasteiger partial charge < -0.3 is 10.2 Å². The molecule has 0 saturated carbocycles. The zero-order chi connectivity index (χ0) is 17.4. The predicted octanol–water partition coefficient (Wildman–Crippen LogP) is 5.15. The van der Waals surface area contributed by atoms with Crippen molar-refractivity contribution in [1.29, 1.82) is 0 Å². The molecule has 3 heterocycles. The van der Waals surface area contributed by atoms with Crippen LogP contribution in [0.4, 0.5) is 10.2 Å². The first kappa shape index (κ1) is 15.5. The Morgan fingerprint density at radius 3 is 2.60 bits per heavy atom. The molecular weight excluding hydrogens is 337 g/mol. The largest absolute Gasteiger partial charge is 0.458 e. The molecule has 4 nitrogen and oxygen atoms in total. The lowest BCUT2D eigenvalue weighted by atomic mass is 10.2. The van der Waals surface area contributed by atoms with Crippen LogP contribution >= 0.6 is 11.3 Å². The highest BCUT2D eigenvalue weighted by Crippen LogP contribution is 2.31. The number of hydrogen-bond acceptors (Lipinski definition) is 5. The number of anilines is 1. The van der Waals surface area contributed by atoms with Crippen LogP contribution in [-0.2, 0) is 0 Å². The molecule has 25 heavy (non-hydrogen) atoms. The highest BCUT2D eigenvalue weighted by molar-refractivity contribution is 7.19. The highest BCUT2D eigenvalue weighted by atomic mass is 32.1. The molecule has 0 unspecified atom stereocenters. The second kappa shape index (κ2) is 6.14. The number of nitrogens with two attached hydrogens (primary N) is 1. The first-order valence-electron chi connectivity index (χ1n) is 7.66. The number of fused-ring (bicyclic) bond motifs is 1. The third-order valence-corrected chi connectivity index (χ3v) is 4.71. The van der Waals surface area contributed by atoms with Gasteiger partial charge in [-0.1, -0.05) is 18.2 Å². The first-order valence-corrected chi connectivity index (χ1v) is 8.48. The maximum Gasteiger partial charge on any atom is 0.199 e. The average molecular weight is 351 g/mol. The van der Waals surface area contributed by atoms with E-state index in [1.807, 2.05) is 37.3 Å². The number of hydrogen-bond donors (Lipinski definition) is 1. The van der Waals surface area contributed by atoms with E-state index in [-0.39, 0.29) is 5.82 Å². The molecule has 0 fully saturated rings. The maximum absolute atomic E-state index is 13.0. The second-order valence-electron chi connectivity index (χ2n) is 5.60. The number of aromatic nitrogens is 2. The number of nitrogen functional groups attached to an aromatic ring is 1. The Balaban J connectivity index is 1.70. The molecule has 124 valence electrons. The Hall–Kier alpha value is -2.99. The van der Waals surface area contributed by atoms with Gasteiger partial charge in [-0.15, -0.1) is 11.3 Å². The van der Waals surface area contributed by atoms with Gasteiger partial charge in [-0.3, -0.25) is 0 Å².